The van der Waals surface area contributed by atoms with Crippen LogP contribution in [0.4, 0.5) is 0 Å². The number of thiophene rings is 1. The van der Waals surface area contributed by atoms with Crippen LogP contribution in [0, 0.1) is 0 Å². The van der Waals surface area contributed by atoms with Crippen LogP contribution in [0.25, 0.3) is 0 Å². The number of hydrogen-bond donors (Lipinski definition) is 1. The van der Waals surface area contributed by atoms with E-state index in [0.717, 1.165) is 32.7 Å². The van der Waals surface area contributed by atoms with Crippen molar-refractivity contribution < 1.29 is 9.47 Å². The lowest BCUT2D eigenvalue weighted by atomic mass is 10.1. The third-order valence-electron chi connectivity index (χ3n) is 2.69. The fourth-order valence-corrected chi connectivity index (χ4v) is 2.74. The minimum absolute atomic E-state index is 0.502. The van der Waals surface area contributed by atoms with Gasteiger partial charge in [0, 0.05) is 10.9 Å². The SMILES string of the molecule is COc1ccc(CCN)c(OCc2ccc(Cl)s2)c1. The Labute approximate surface area is 121 Å². The Bertz CT molecular complexity index is 542. The van der Waals surface area contributed by atoms with Crippen molar-refractivity contribution in [1.82, 2.24) is 0 Å². The number of methoxy groups -OCH3 is 1. The predicted octanol–water partition coefficient (Wildman–Crippen LogP) is 3.49. The minimum Gasteiger partial charge on any atom is -0.497 e. The van der Waals surface area contributed by atoms with Crippen LogP contribution in [-0.4, -0.2) is 13.7 Å². The monoisotopic (exact) mass is 297 g/mol. The molecule has 0 saturated carbocycles. The van der Waals surface area contributed by atoms with Gasteiger partial charge in [-0.2, -0.15) is 0 Å². The molecular formula is C14H16ClNO2S. The zero-order valence-corrected chi connectivity index (χ0v) is 12.3. The highest BCUT2D eigenvalue weighted by molar-refractivity contribution is 7.16. The molecule has 2 aromatic rings. The molecule has 1 aromatic carbocycles. The highest BCUT2D eigenvalue weighted by Gasteiger charge is 2.07. The van der Waals surface area contributed by atoms with E-state index in [9.17, 15) is 0 Å². The quantitative estimate of drug-likeness (QED) is 0.887. The van der Waals surface area contributed by atoms with Crippen molar-refractivity contribution in [3.05, 3.63) is 45.1 Å². The van der Waals surface area contributed by atoms with Gasteiger partial charge in [0.25, 0.3) is 0 Å². The zero-order valence-electron chi connectivity index (χ0n) is 10.7. The Kier molecular flexibility index (Phi) is 5.07. The van der Waals surface area contributed by atoms with Gasteiger partial charge in [-0.25, -0.2) is 0 Å². The van der Waals surface area contributed by atoms with E-state index in [-0.39, 0.29) is 0 Å². The van der Waals surface area contributed by atoms with Gasteiger partial charge in [-0.05, 0) is 36.7 Å². The van der Waals surface area contributed by atoms with Gasteiger partial charge in [0.15, 0.2) is 0 Å². The second-order valence-corrected chi connectivity index (χ2v) is 5.81. The summed E-state index contributed by atoms with van der Waals surface area (Å²) >= 11 is 7.42. The van der Waals surface area contributed by atoms with E-state index >= 15 is 0 Å². The molecule has 0 fully saturated rings. The maximum absolute atomic E-state index is 5.90. The number of nitrogens with two attached hydrogens (primary N) is 1. The first kappa shape index (κ1) is 14.2. The van der Waals surface area contributed by atoms with Gasteiger partial charge >= 0.3 is 0 Å². The summed E-state index contributed by atoms with van der Waals surface area (Å²) in [6.45, 7) is 1.09. The standard InChI is InChI=1S/C14H16ClNO2S/c1-17-11-3-2-10(6-7-16)13(8-11)18-9-12-4-5-14(15)19-12/h2-5,8H,6-7,9,16H2,1H3. The molecule has 0 saturated heterocycles. The molecule has 0 unspecified atom stereocenters. The molecule has 3 nitrogen and oxygen atoms in total. The fourth-order valence-electron chi connectivity index (χ4n) is 1.74. The Balaban J connectivity index is 2.12. The molecule has 0 aliphatic heterocycles. The Hall–Kier alpha value is -1.23. The largest absolute Gasteiger partial charge is 0.497 e. The molecule has 0 amide bonds. The molecule has 1 aromatic heterocycles. The van der Waals surface area contributed by atoms with Crippen molar-refractivity contribution >= 4 is 22.9 Å². The van der Waals surface area contributed by atoms with E-state index in [0.29, 0.717) is 13.2 Å². The average molecular weight is 298 g/mol. The lowest BCUT2D eigenvalue weighted by Gasteiger charge is -2.12. The van der Waals surface area contributed by atoms with Crippen LogP contribution >= 0.6 is 22.9 Å². The molecule has 0 aliphatic rings. The van der Waals surface area contributed by atoms with Gasteiger partial charge in [-0.1, -0.05) is 17.7 Å². The number of halogens is 1. The highest BCUT2D eigenvalue weighted by atomic mass is 35.5. The summed E-state index contributed by atoms with van der Waals surface area (Å²) in [4.78, 5) is 1.09. The van der Waals surface area contributed by atoms with Gasteiger partial charge in [0.2, 0.25) is 0 Å². The normalized spacial score (nSPS) is 10.5. The van der Waals surface area contributed by atoms with Crippen molar-refractivity contribution in [3.63, 3.8) is 0 Å². The first-order chi connectivity index (χ1) is 9.22. The van der Waals surface area contributed by atoms with Gasteiger partial charge in [0.05, 0.1) is 11.4 Å². The van der Waals surface area contributed by atoms with Crippen molar-refractivity contribution in [2.45, 2.75) is 13.0 Å². The summed E-state index contributed by atoms with van der Waals surface area (Å²) < 4.78 is 11.8. The molecule has 0 spiro atoms. The maximum Gasteiger partial charge on any atom is 0.126 e. The molecule has 0 atom stereocenters. The van der Waals surface area contributed by atoms with Gasteiger partial charge < -0.3 is 15.2 Å². The van der Waals surface area contributed by atoms with E-state index < -0.39 is 0 Å². The number of rotatable bonds is 6. The van der Waals surface area contributed by atoms with Crippen molar-refractivity contribution in [1.29, 1.82) is 0 Å². The molecule has 2 N–H and O–H groups in total. The number of hydrogen-bond acceptors (Lipinski definition) is 4. The van der Waals surface area contributed by atoms with Crippen LogP contribution in [-0.2, 0) is 13.0 Å². The number of benzene rings is 1. The molecule has 0 aliphatic carbocycles. The second kappa shape index (κ2) is 6.80. The third-order valence-corrected chi connectivity index (χ3v) is 3.89. The Morgan fingerprint density at radius 2 is 2.11 bits per heavy atom. The van der Waals surface area contributed by atoms with Crippen LogP contribution in [0.3, 0.4) is 0 Å². The van der Waals surface area contributed by atoms with Crippen LogP contribution < -0.4 is 15.2 Å². The average Bonchev–Trinajstić information content (AvgIpc) is 2.83. The van der Waals surface area contributed by atoms with E-state index in [1.165, 1.54) is 11.3 Å². The summed E-state index contributed by atoms with van der Waals surface area (Å²) in [6, 6.07) is 9.63. The van der Waals surface area contributed by atoms with Crippen molar-refractivity contribution in [2.24, 2.45) is 5.73 Å². The van der Waals surface area contributed by atoms with E-state index in [4.69, 9.17) is 26.8 Å². The van der Waals surface area contributed by atoms with Crippen molar-refractivity contribution in [2.75, 3.05) is 13.7 Å². The third kappa shape index (κ3) is 3.86. The second-order valence-electron chi connectivity index (χ2n) is 4.01. The van der Waals surface area contributed by atoms with Crippen molar-refractivity contribution in [3.8, 4) is 11.5 Å². The highest BCUT2D eigenvalue weighted by Crippen LogP contribution is 2.28. The molecule has 2 rings (SSSR count). The summed E-state index contributed by atoms with van der Waals surface area (Å²) in [7, 11) is 1.64. The first-order valence-electron chi connectivity index (χ1n) is 5.97. The van der Waals surface area contributed by atoms with E-state index in [2.05, 4.69) is 0 Å². The molecule has 1 heterocycles. The lowest BCUT2D eigenvalue weighted by Crippen LogP contribution is -2.05. The maximum atomic E-state index is 5.90. The molecular weight excluding hydrogens is 282 g/mol. The van der Waals surface area contributed by atoms with Crippen LogP contribution in [0.2, 0.25) is 4.34 Å². The summed E-state index contributed by atoms with van der Waals surface area (Å²) in [6.07, 6.45) is 0.782. The predicted molar refractivity (Wildman–Crippen MR) is 79.4 cm³/mol. The van der Waals surface area contributed by atoms with E-state index in [1.807, 2.05) is 30.3 Å². The molecule has 0 radical (unpaired) electrons. The zero-order chi connectivity index (χ0) is 13.7. The fraction of sp³-hybridized carbons (Fsp3) is 0.286. The van der Waals surface area contributed by atoms with Crippen LogP contribution in [0.5, 0.6) is 11.5 Å². The van der Waals surface area contributed by atoms with Crippen LogP contribution in [0.1, 0.15) is 10.4 Å². The van der Waals surface area contributed by atoms with Gasteiger partial charge in [0.1, 0.15) is 18.1 Å². The molecule has 102 valence electrons. The summed E-state index contributed by atoms with van der Waals surface area (Å²) in [5.74, 6) is 1.59. The van der Waals surface area contributed by atoms with E-state index in [1.54, 1.807) is 7.11 Å². The Morgan fingerprint density at radius 1 is 1.26 bits per heavy atom. The number of ether oxygens (including phenoxy) is 2. The smallest absolute Gasteiger partial charge is 0.126 e. The summed E-state index contributed by atoms with van der Waals surface area (Å²) in [5.41, 5.74) is 6.70. The molecule has 5 heteroatoms. The lowest BCUT2D eigenvalue weighted by molar-refractivity contribution is 0.304. The topological polar surface area (TPSA) is 44.5 Å². The first-order valence-corrected chi connectivity index (χ1v) is 7.16. The van der Waals surface area contributed by atoms with Crippen LogP contribution in [0.15, 0.2) is 30.3 Å². The molecule has 0 bridgehead atoms. The minimum atomic E-state index is 0.502. The molecule has 19 heavy (non-hydrogen) atoms. The van der Waals surface area contributed by atoms with Gasteiger partial charge in [-0.15, -0.1) is 11.3 Å². The summed E-state index contributed by atoms with van der Waals surface area (Å²) in [5, 5.41) is 0. The Morgan fingerprint density at radius 3 is 2.74 bits per heavy atom. The van der Waals surface area contributed by atoms with Gasteiger partial charge in [-0.3, -0.25) is 0 Å².